The number of hydrogen-bond acceptors (Lipinski definition) is 10. The van der Waals surface area contributed by atoms with Gasteiger partial charge < -0.3 is 38.7 Å². The minimum absolute atomic E-state index is 0.132. The Morgan fingerprint density at radius 1 is 0.625 bits per heavy atom. The van der Waals surface area contributed by atoms with Gasteiger partial charge in [0.05, 0.1) is 14.2 Å². The molecule has 2 N–H and O–H groups in total. The number of oxazole rings is 2. The van der Waals surface area contributed by atoms with Crippen molar-refractivity contribution in [2.75, 3.05) is 27.3 Å². The quantitative estimate of drug-likeness (QED) is 0.146. The molecule has 2 saturated heterocycles. The number of carbonyl (C=O) groups excluding carboxylic acids is 4. The second kappa shape index (κ2) is 16.0. The van der Waals surface area contributed by atoms with Gasteiger partial charge in [0.15, 0.2) is 11.2 Å². The number of rotatable bonds is 10. The predicted octanol–water partition coefficient (Wildman–Crippen LogP) is 7.39. The molecule has 0 bridgehead atoms. The lowest BCUT2D eigenvalue weighted by molar-refractivity contribution is -0.136. The summed E-state index contributed by atoms with van der Waals surface area (Å²) in [7, 11) is 2.56. The van der Waals surface area contributed by atoms with Gasteiger partial charge in [-0.2, -0.15) is 0 Å². The van der Waals surface area contributed by atoms with Crippen molar-refractivity contribution in [3.05, 3.63) is 72.4 Å². The molecule has 0 spiro atoms. The first kappa shape index (κ1) is 38.4. The fraction of sp³-hybridized carbons (Fsp3) is 0.429. The van der Waals surface area contributed by atoms with Crippen LogP contribution in [0.2, 0.25) is 0 Å². The summed E-state index contributed by atoms with van der Waals surface area (Å²) in [6.07, 6.45) is 1.75. The third-order valence-corrected chi connectivity index (χ3v) is 10.8. The van der Waals surface area contributed by atoms with Crippen LogP contribution in [0.4, 0.5) is 9.59 Å². The molecule has 7 rings (SSSR count). The van der Waals surface area contributed by atoms with Crippen molar-refractivity contribution in [2.24, 2.45) is 11.8 Å². The van der Waals surface area contributed by atoms with E-state index in [-0.39, 0.29) is 35.7 Å². The Hall–Kier alpha value is -5.92. The summed E-state index contributed by atoms with van der Waals surface area (Å²) in [6.45, 7) is 8.64. The molecule has 2 fully saturated rings. The van der Waals surface area contributed by atoms with Crippen molar-refractivity contribution in [1.82, 2.24) is 30.4 Å². The molecule has 5 aromatic rings. The molecular weight excluding hydrogens is 716 g/mol. The first-order valence-corrected chi connectivity index (χ1v) is 19.2. The second-order valence-electron chi connectivity index (χ2n) is 15.1. The number of amides is 4. The monoisotopic (exact) mass is 764 g/mol. The van der Waals surface area contributed by atoms with E-state index in [0.29, 0.717) is 59.9 Å². The molecule has 0 radical (unpaired) electrons. The van der Waals surface area contributed by atoms with Crippen LogP contribution in [0.25, 0.3) is 44.5 Å². The minimum Gasteiger partial charge on any atom is -0.453 e. The number of benzene rings is 3. The second-order valence-corrected chi connectivity index (χ2v) is 15.1. The van der Waals surface area contributed by atoms with Crippen LogP contribution in [-0.4, -0.2) is 83.2 Å². The van der Waals surface area contributed by atoms with E-state index in [2.05, 4.69) is 34.9 Å². The van der Waals surface area contributed by atoms with Crippen LogP contribution in [0, 0.1) is 11.8 Å². The number of likely N-dealkylation sites (tertiary alicyclic amines) is 2. The van der Waals surface area contributed by atoms with Gasteiger partial charge in [0.1, 0.15) is 35.2 Å². The van der Waals surface area contributed by atoms with E-state index in [9.17, 15) is 19.2 Å². The van der Waals surface area contributed by atoms with Gasteiger partial charge >= 0.3 is 12.2 Å². The van der Waals surface area contributed by atoms with Gasteiger partial charge in [-0.1, -0.05) is 64.1 Å². The lowest BCUT2D eigenvalue weighted by atomic mass is 10.00. The highest BCUT2D eigenvalue weighted by Gasteiger charge is 2.40. The zero-order valence-electron chi connectivity index (χ0n) is 32.5. The Morgan fingerprint density at radius 2 is 1.00 bits per heavy atom. The first-order valence-electron chi connectivity index (χ1n) is 19.2. The SMILES string of the molecule is COC(=O)NC(C(=O)N1CCCC1c1nc2cc(-c3ccc(-c4ccc5oc(C6CCCN6C(=O)C(NC(=O)OC)C(C)C)nc5c4)cc3)ccc2o1)C(C)C. The highest BCUT2D eigenvalue weighted by atomic mass is 16.5. The van der Waals surface area contributed by atoms with Gasteiger partial charge in [0.2, 0.25) is 23.6 Å². The fourth-order valence-corrected chi connectivity index (χ4v) is 7.72. The lowest BCUT2D eigenvalue weighted by Crippen LogP contribution is -2.51. The van der Waals surface area contributed by atoms with E-state index in [1.54, 1.807) is 9.80 Å². The van der Waals surface area contributed by atoms with Crippen LogP contribution in [0.1, 0.15) is 77.2 Å². The molecule has 2 aliphatic rings. The van der Waals surface area contributed by atoms with E-state index in [0.717, 1.165) is 35.1 Å². The van der Waals surface area contributed by atoms with Crippen LogP contribution in [0.3, 0.4) is 0 Å². The Bertz CT molecular complexity index is 2090. The van der Waals surface area contributed by atoms with Gasteiger partial charge in [-0.15, -0.1) is 0 Å². The number of methoxy groups -OCH3 is 2. The highest BCUT2D eigenvalue weighted by molar-refractivity contribution is 5.88. The van der Waals surface area contributed by atoms with Gasteiger partial charge in [-0.25, -0.2) is 19.6 Å². The average molecular weight is 765 g/mol. The average Bonchev–Trinajstić information content (AvgIpc) is 4.03. The molecule has 0 saturated carbocycles. The fourth-order valence-electron chi connectivity index (χ4n) is 7.72. The molecule has 3 aromatic carbocycles. The normalized spacial score (nSPS) is 18.1. The smallest absolute Gasteiger partial charge is 0.407 e. The molecule has 4 heterocycles. The molecule has 4 unspecified atom stereocenters. The summed E-state index contributed by atoms with van der Waals surface area (Å²) < 4.78 is 21.9. The summed E-state index contributed by atoms with van der Waals surface area (Å²) in [4.78, 5) is 64.3. The molecule has 14 nitrogen and oxygen atoms in total. The number of carbonyl (C=O) groups is 4. The number of nitrogens with zero attached hydrogens (tertiary/aromatic N) is 4. The van der Waals surface area contributed by atoms with Crippen LogP contribution < -0.4 is 10.6 Å². The molecule has 294 valence electrons. The Kier molecular flexibility index (Phi) is 11.0. The standard InChI is InChI=1S/C42H48N6O8/c1-23(2)35(45-41(51)53-5)39(49)47-19-7-9-31(47)37-43-29-21-27(15-17-33(29)55-37)25-11-13-26(14-12-25)28-16-18-34-30(22-28)44-38(56-34)32-10-8-20-48(32)40(50)36(24(3)4)46-42(52)54-6/h11-18,21-24,31-32,35-36H,7-10,19-20H2,1-6H3,(H,45,51)(H,46,52). The van der Waals surface area contributed by atoms with Gasteiger partial charge in [0.25, 0.3) is 0 Å². The summed E-state index contributed by atoms with van der Waals surface area (Å²) in [6, 6.07) is 17.9. The Morgan fingerprint density at radius 3 is 1.36 bits per heavy atom. The van der Waals surface area contributed by atoms with Crippen molar-refractivity contribution < 1.29 is 37.5 Å². The lowest BCUT2D eigenvalue weighted by Gasteiger charge is -2.29. The van der Waals surface area contributed by atoms with E-state index in [1.807, 2.05) is 64.1 Å². The van der Waals surface area contributed by atoms with Crippen molar-refractivity contribution in [1.29, 1.82) is 0 Å². The number of fused-ring (bicyclic) bond motifs is 2. The van der Waals surface area contributed by atoms with Gasteiger partial charge in [-0.05, 0) is 84.0 Å². The number of hydrogen-bond donors (Lipinski definition) is 2. The predicted molar refractivity (Wildman–Crippen MR) is 208 cm³/mol. The first-order chi connectivity index (χ1) is 26.9. The number of nitrogens with one attached hydrogen (secondary N) is 2. The third-order valence-electron chi connectivity index (χ3n) is 10.8. The number of ether oxygens (including phenoxy) is 2. The van der Waals surface area contributed by atoms with Crippen LogP contribution in [-0.2, 0) is 19.1 Å². The maximum Gasteiger partial charge on any atom is 0.407 e. The number of aromatic nitrogens is 2. The maximum absolute atomic E-state index is 13.6. The highest BCUT2D eigenvalue weighted by Crippen LogP contribution is 2.37. The molecule has 0 aliphatic carbocycles. The van der Waals surface area contributed by atoms with E-state index >= 15 is 0 Å². The zero-order chi connectivity index (χ0) is 39.7. The van der Waals surface area contributed by atoms with Crippen LogP contribution in [0.5, 0.6) is 0 Å². The Balaban J connectivity index is 1.06. The molecule has 2 aromatic heterocycles. The third kappa shape index (κ3) is 7.64. The largest absolute Gasteiger partial charge is 0.453 e. The summed E-state index contributed by atoms with van der Waals surface area (Å²) in [5.41, 5.74) is 6.61. The summed E-state index contributed by atoms with van der Waals surface area (Å²) in [5.74, 6) is 0.331. The van der Waals surface area contributed by atoms with Crippen molar-refractivity contribution >= 4 is 46.2 Å². The Labute approximate surface area is 324 Å². The van der Waals surface area contributed by atoms with E-state index < -0.39 is 24.3 Å². The zero-order valence-corrected chi connectivity index (χ0v) is 32.5. The van der Waals surface area contributed by atoms with Crippen LogP contribution >= 0.6 is 0 Å². The summed E-state index contributed by atoms with van der Waals surface area (Å²) >= 11 is 0. The minimum atomic E-state index is -0.723. The van der Waals surface area contributed by atoms with Crippen molar-refractivity contribution in [3.63, 3.8) is 0 Å². The molecule has 56 heavy (non-hydrogen) atoms. The topological polar surface area (TPSA) is 169 Å². The van der Waals surface area contributed by atoms with Crippen molar-refractivity contribution in [2.45, 2.75) is 77.5 Å². The number of alkyl carbamates (subject to hydrolysis) is 2. The summed E-state index contributed by atoms with van der Waals surface area (Å²) in [5, 5.41) is 5.36. The molecule has 14 heteroatoms. The van der Waals surface area contributed by atoms with E-state index in [4.69, 9.17) is 28.3 Å². The molecule has 4 atom stereocenters. The molecular formula is C42H48N6O8. The van der Waals surface area contributed by atoms with Crippen LogP contribution in [0.15, 0.2) is 69.5 Å². The van der Waals surface area contributed by atoms with E-state index in [1.165, 1.54) is 14.2 Å². The molecule has 2 aliphatic heterocycles. The molecule has 4 amide bonds. The van der Waals surface area contributed by atoms with Gasteiger partial charge in [-0.3, -0.25) is 9.59 Å². The van der Waals surface area contributed by atoms with Gasteiger partial charge in [0, 0.05) is 13.1 Å². The van der Waals surface area contributed by atoms with Crippen molar-refractivity contribution in [3.8, 4) is 22.3 Å². The maximum atomic E-state index is 13.6.